The highest BCUT2D eigenvalue weighted by atomic mass is 19.1. The zero-order valence-electron chi connectivity index (χ0n) is 10.8. The molecule has 0 saturated heterocycles. The summed E-state index contributed by atoms with van der Waals surface area (Å²) in [6.45, 7) is 5.60. The van der Waals surface area contributed by atoms with E-state index in [1.165, 1.54) is 6.07 Å². The smallest absolute Gasteiger partial charge is 0.129 e. The monoisotopic (exact) mass is 248 g/mol. The lowest BCUT2D eigenvalue weighted by molar-refractivity contribution is 0.275. The molecule has 4 heteroatoms. The summed E-state index contributed by atoms with van der Waals surface area (Å²) < 4.78 is 15.6. The molecule has 0 atom stereocenters. The van der Waals surface area contributed by atoms with E-state index in [-0.39, 0.29) is 18.5 Å². The Bertz CT molecular complexity index is 538. The molecule has 0 aliphatic heterocycles. The van der Waals surface area contributed by atoms with Crippen LogP contribution in [0.15, 0.2) is 24.5 Å². The average molecular weight is 248 g/mol. The van der Waals surface area contributed by atoms with Crippen LogP contribution in [0.5, 0.6) is 0 Å². The number of aliphatic hydroxyl groups excluding tert-OH is 1. The Kier molecular flexibility index (Phi) is 3.48. The molecule has 0 amide bonds. The van der Waals surface area contributed by atoms with Gasteiger partial charge in [0.15, 0.2) is 0 Å². The molecular formula is C14H17FN2O. The van der Waals surface area contributed by atoms with Crippen LogP contribution in [0.1, 0.15) is 31.0 Å². The van der Waals surface area contributed by atoms with Crippen LogP contribution in [-0.2, 0) is 6.61 Å². The summed E-state index contributed by atoms with van der Waals surface area (Å²) in [5.41, 5.74) is 2.78. The van der Waals surface area contributed by atoms with E-state index in [9.17, 15) is 4.39 Å². The van der Waals surface area contributed by atoms with Crippen molar-refractivity contribution in [2.24, 2.45) is 0 Å². The highest BCUT2D eigenvalue weighted by molar-refractivity contribution is 5.63. The van der Waals surface area contributed by atoms with Crippen LogP contribution in [-0.4, -0.2) is 14.9 Å². The molecule has 0 fully saturated rings. The molecule has 18 heavy (non-hydrogen) atoms. The zero-order valence-corrected chi connectivity index (χ0v) is 10.8. The van der Waals surface area contributed by atoms with Crippen LogP contribution in [0.4, 0.5) is 4.39 Å². The molecule has 0 aliphatic carbocycles. The van der Waals surface area contributed by atoms with Gasteiger partial charge in [0.25, 0.3) is 0 Å². The van der Waals surface area contributed by atoms with E-state index in [1.54, 1.807) is 13.1 Å². The molecule has 0 saturated carbocycles. The molecule has 0 spiro atoms. The maximum absolute atomic E-state index is 13.8. The van der Waals surface area contributed by atoms with Crippen LogP contribution in [0.3, 0.4) is 0 Å². The Morgan fingerprint density at radius 1 is 1.33 bits per heavy atom. The van der Waals surface area contributed by atoms with E-state index in [0.717, 1.165) is 16.7 Å². The van der Waals surface area contributed by atoms with Crippen LogP contribution >= 0.6 is 0 Å². The van der Waals surface area contributed by atoms with Crippen molar-refractivity contribution in [3.05, 3.63) is 41.5 Å². The van der Waals surface area contributed by atoms with Gasteiger partial charge in [-0.1, -0.05) is 6.07 Å². The van der Waals surface area contributed by atoms with Crippen LogP contribution < -0.4 is 0 Å². The standard InChI is InChI=1S/C14H17FN2O/c1-9(2)17-7-12(6-16-17)11-4-10(3)13(8-18)14(15)5-11/h4-7,9,18H,8H2,1-3H3. The molecule has 3 nitrogen and oxygen atoms in total. The fourth-order valence-electron chi connectivity index (χ4n) is 1.91. The summed E-state index contributed by atoms with van der Waals surface area (Å²) in [6, 6.07) is 3.60. The van der Waals surface area contributed by atoms with E-state index in [2.05, 4.69) is 5.10 Å². The van der Waals surface area contributed by atoms with Gasteiger partial charge in [0.1, 0.15) is 5.82 Å². The van der Waals surface area contributed by atoms with Gasteiger partial charge >= 0.3 is 0 Å². The van der Waals surface area contributed by atoms with Gasteiger partial charge in [0.05, 0.1) is 12.8 Å². The summed E-state index contributed by atoms with van der Waals surface area (Å²) in [4.78, 5) is 0. The summed E-state index contributed by atoms with van der Waals surface area (Å²) in [5, 5.41) is 13.3. The van der Waals surface area contributed by atoms with Crippen LogP contribution in [0.2, 0.25) is 0 Å². The Morgan fingerprint density at radius 2 is 2.06 bits per heavy atom. The van der Waals surface area contributed by atoms with E-state index < -0.39 is 0 Å². The number of benzene rings is 1. The third kappa shape index (κ3) is 2.29. The lowest BCUT2D eigenvalue weighted by Crippen LogP contribution is -1.99. The molecule has 0 radical (unpaired) electrons. The Balaban J connectivity index is 2.44. The first kappa shape index (κ1) is 12.8. The summed E-state index contributed by atoms with van der Waals surface area (Å²) in [7, 11) is 0. The van der Waals surface area contributed by atoms with Crippen molar-refractivity contribution in [1.29, 1.82) is 0 Å². The molecule has 2 aromatic rings. The first-order valence-corrected chi connectivity index (χ1v) is 5.97. The zero-order chi connectivity index (χ0) is 13.3. The van der Waals surface area contributed by atoms with E-state index in [1.807, 2.05) is 30.8 Å². The van der Waals surface area contributed by atoms with Gasteiger partial charge in [-0.2, -0.15) is 5.10 Å². The molecule has 1 N–H and O–H groups in total. The Hall–Kier alpha value is -1.68. The molecule has 1 aromatic heterocycles. The summed E-state index contributed by atoms with van der Waals surface area (Å²) in [6.07, 6.45) is 3.63. The maximum atomic E-state index is 13.8. The van der Waals surface area contributed by atoms with Gasteiger partial charge in [-0.15, -0.1) is 0 Å². The summed E-state index contributed by atoms with van der Waals surface area (Å²) >= 11 is 0. The van der Waals surface area contributed by atoms with Crippen molar-refractivity contribution in [2.45, 2.75) is 33.4 Å². The number of rotatable bonds is 3. The predicted molar refractivity (Wildman–Crippen MR) is 68.7 cm³/mol. The number of hydrogen-bond donors (Lipinski definition) is 1. The van der Waals surface area contributed by atoms with Crippen LogP contribution in [0, 0.1) is 12.7 Å². The molecule has 96 valence electrons. The lowest BCUT2D eigenvalue weighted by Gasteiger charge is -2.07. The number of nitrogens with zero attached hydrogens (tertiary/aromatic N) is 2. The molecule has 0 aliphatic rings. The fourth-order valence-corrected chi connectivity index (χ4v) is 1.91. The molecule has 1 heterocycles. The minimum absolute atomic E-state index is 0.275. The number of aliphatic hydroxyl groups is 1. The van der Waals surface area contributed by atoms with Gasteiger partial charge < -0.3 is 5.11 Å². The minimum Gasteiger partial charge on any atom is -0.392 e. The fraction of sp³-hybridized carbons (Fsp3) is 0.357. The topological polar surface area (TPSA) is 38.0 Å². The molecule has 0 unspecified atom stereocenters. The average Bonchev–Trinajstić information content (AvgIpc) is 2.77. The predicted octanol–water partition coefficient (Wildman–Crippen LogP) is 3.07. The second-order valence-electron chi connectivity index (χ2n) is 4.71. The number of hydrogen-bond acceptors (Lipinski definition) is 2. The van der Waals surface area contributed by atoms with Crippen molar-refractivity contribution in [3.63, 3.8) is 0 Å². The third-order valence-electron chi connectivity index (χ3n) is 3.04. The van der Waals surface area contributed by atoms with Crippen molar-refractivity contribution in [3.8, 4) is 11.1 Å². The van der Waals surface area contributed by atoms with Crippen LogP contribution in [0.25, 0.3) is 11.1 Å². The molecule has 1 aromatic carbocycles. The number of halogens is 1. The number of aryl methyl sites for hydroxylation is 1. The highest BCUT2D eigenvalue weighted by Crippen LogP contribution is 2.25. The first-order chi connectivity index (χ1) is 8.52. The number of aromatic nitrogens is 2. The maximum Gasteiger partial charge on any atom is 0.129 e. The third-order valence-corrected chi connectivity index (χ3v) is 3.04. The van der Waals surface area contributed by atoms with Crippen molar-refractivity contribution >= 4 is 0 Å². The van der Waals surface area contributed by atoms with E-state index >= 15 is 0 Å². The van der Waals surface area contributed by atoms with Crippen molar-refractivity contribution in [1.82, 2.24) is 9.78 Å². The molecule has 2 rings (SSSR count). The van der Waals surface area contributed by atoms with Gasteiger partial charge in [-0.05, 0) is 38.0 Å². The lowest BCUT2D eigenvalue weighted by atomic mass is 10.0. The van der Waals surface area contributed by atoms with Crippen molar-refractivity contribution < 1.29 is 9.50 Å². The van der Waals surface area contributed by atoms with Gasteiger partial charge in [-0.25, -0.2) is 4.39 Å². The SMILES string of the molecule is Cc1cc(-c2cnn(C(C)C)c2)cc(F)c1CO. The quantitative estimate of drug-likeness (QED) is 0.906. The second-order valence-corrected chi connectivity index (χ2v) is 4.71. The Labute approximate surface area is 106 Å². The largest absolute Gasteiger partial charge is 0.392 e. The van der Waals surface area contributed by atoms with Gasteiger partial charge in [0.2, 0.25) is 0 Å². The molecular weight excluding hydrogens is 231 g/mol. The Morgan fingerprint density at radius 3 is 2.56 bits per heavy atom. The van der Waals surface area contributed by atoms with Gasteiger partial charge in [0, 0.05) is 23.4 Å². The minimum atomic E-state index is -0.371. The van der Waals surface area contributed by atoms with E-state index in [0.29, 0.717) is 5.56 Å². The second kappa shape index (κ2) is 4.90. The normalized spacial score (nSPS) is 11.2. The molecule has 0 bridgehead atoms. The van der Waals surface area contributed by atoms with Gasteiger partial charge in [-0.3, -0.25) is 4.68 Å². The first-order valence-electron chi connectivity index (χ1n) is 5.97. The van der Waals surface area contributed by atoms with Crippen molar-refractivity contribution in [2.75, 3.05) is 0 Å². The van der Waals surface area contributed by atoms with E-state index in [4.69, 9.17) is 5.11 Å². The highest BCUT2D eigenvalue weighted by Gasteiger charge is 2.10. The summed E-state index contributed by atoms with van der Waals surface area (Å²) in [5.74, 6) is -0.371.